The molecule has 3 rings (SSSR count). The van der Waals surface area contributed by atoms with Crippen molar-refractivity contribution in [2.75, 3.05) is 13.2 Å². The molecule has 0 spiro atoms. The Morgan fingerprint density at radius 3 is 2.21 bits per heavy atom. The van der Waals surface area contributed by atoms with Gasteiger partial charge in [0.15, 0.2) is 5.78 Å². The van der Waals surface area contributed by atoms with E-state index in [1.165, 1.54) is 6.08 Å². The minimum Gasteiger partial charge on any atom is -0.489 e. The number of nitriles is 1. The zero-order chi connectivity index (χ0) is 27.7. The Bertz CT molecular complexity index is 1380. The van der Waals surface area contributed by atoms with Gasteiger partial charge in [0.2, 0.25) is 0 Å². The number of hydrogen-bond acceptors (Lipinski definition) is 8. The lowest BCUT2D eigenvalue weighted by molar-refractivity contribution is -0.114. The molecule has 0 saturated heterocycles. The van der Waals surface area contributed by atoms with Gasteiger partial charge in [-0.1, -0.05) is 35.9 Å². The van der Waals surface area contributed by atoms with E-state index in [-0.39, 0.29) is 35.6 Å². The topological polar surface area (TPSA) is 103 Å². The minimum atomic E-state index is -0.628. The van der Waals surface area contributed by atoms with Gasteiger partial charge >= 0.3 is 11.9 Å². The first-order valence-corrected chi connectivity index (χ1v) is 13.1. The van der Waals surface area contributed by atoms with E-state index in [9.17, 15) is 19.6 Å². The highest BCUT2D eigenvalue weighted by Crippen LogP contribution is 2.31. The molecule has 0 fully saturated rings. The number of rotatable bonds is 11. The summed E-state index contributed by atoms with van der Waals surface area (Å²) < 4.78 is 16.0. The van der Waals surface area contributed by atoms with Crippen molar-refractivity contribution in [2.24, 2.45) is 0 Å². The van der Waals surface area contributed by atoms with Gasteiger partial charge in [0, 0.05) is 16.3 Å². The molecule has 0 aliphatic heterocycles. The van der Waals surface area contributed by atoms with Gasteiger partial charge < -0.3 is 14.2 Å². The number of halogens is 1. The van der Waals surface area contributed by atoms with E-state index in [1.807, 2.05) is 18.2 Å². The highest BCUT2D eigenvalue weighted by Gasteiger charge is 2.28. The van der Waals surface area contributed by atoms with E-state index in [1.54, 1.807) is 57.2 Å². The Hall–Kier alpha value is -3.93. The van der Waals surface area contributed by atoms with Gasteiger partial charge in [0.1, 0.15) is 23.3 Å². The van der Waals surface area contributed by atoms with Gasteiger partial charge in [0.05, 0.1) is 24.4 Å². The third-order valence-electron chi connectivity index (χ3n) is 5.41. The number of carbonyl (C=O) groups is 3. The first-order valence-electron chi connectivity index (χ1n) is 11.9. The molecule has 0 bridgehead atoms. The fourth-order valence-electron chi connectivity index (χ4n) is 3.55. The number of ketones is 1. The van der Waals surface area contributed by atoms with Crippen LogP contribution >= 0.6 is 22.9 Å². The Labute approximate surface area is 230 Å². The van der Waals surface area contributed by atoms with Gasteiger partial charge in [-0.25, -0.2) is 9.59 Å². The molecule has 0 unspecified atom stereocenters. The third kappa shape index (κ3) is 7.31. The second-order valence-corrected chi connectivity index (χ2v) is 9.59. The SMILES string of the molecule is CCOC(=O)c1sc(CC(=O)C(C#N)=Cc2ccc(OCc3ccc(Cl)cc3)cc2)c(C(=O)OCC)c1C. The van der Waals surface area contributed by atoms with Crippen molar-refractivity contribution < 1.29 is 28.6 Å². The number of benzene rings is 2. The number of ether oxygens (including phenoxy) is 3. The van der Waals surface area contributed by atoms with E-state index < -0.39 is 17.7 Å². The largest absolute Gasteiger partial charge is 0.489 e. The molecule has 0 saturated carbocycles. The van der Waals surface area contributed by atoms with E-state index in [2.05, 4.69) is 0 Å². The van der Waals surface area contributed by atoms with Crippen molar-refractivity contribution in [3.63, 3.8) is 0 Å². The first-order chi connectivity index (χ1) is 18.3. The van der Waals surface area contributed by atoms with Crippen molar-refractivity contribution in [3.05, 3.63) is 91.1 Å². The van der Waals surface area contributed by atoms with Crippen LogP contribution in [0.15, 0.2) is 54.1 Å². The summed E-state index contributed by atoms with van der Waals surface area (Å²) in [5.74, 6) is -1.07. The molecule has 1 aromatic heterocycles. The average molecular weight is 552 g/mol. The van der Waals surface area contributed by atoms with Gasteiger partial charge in [-0.3, -0.25) is 4.79 Å². The van der Waals surface area contributed by atoms with Gasteiger partial charge in [-0.2, -0.15) is 5.26 Å². The number of Topliss-reactive ketones (excluding diaryl/α,β-unsaturated/α-hetero) is 1. The Morgan fingerprint density at radius 2 is 1.61 bits per heavy atom. The monoisotopic (exact) mass is 551 g/mol. The van der Waals surface area contributed by atoms with Gasteiger partial charge in [-0.15, -0.1) is 11.3 Å². The maximum Gasteiger partial charge on any atom is 0.348 e. The van der Waals surface area contributed by atoms with Crippen LogP contribution < -0.4 is 4.74 Å². The predicted molar refractivity (Wildman–Crippen MR) is 145 cm³/mol. The molecule has 196 valence electrons. The lowest BCUT2D eigenvalue weighted by Gasteiger charge is -2.07. The van der Waals surface area contributed by atoms with E-state index in [0.29, 0.717) is 33.4 Å². The number of thiophene rings is 1. The summed E-state index contributed by atoms with van der Waals surface area (Å²) in [7, 11) is 0. The smallest absolute Gasteiger partial charge is 0.348 e. The first kappa shape index (κ1) is 28.6. The molecule has 38 heavy (non-hydrogen) atoms. The van der Waals surface area contributed by atoms with Crippen molar-refractivity contribution >= 4 is 46.7 Å². The molecule has 7 nitrogen and oxygen atoms in total. The molecule has 3 aromatic rings. The normalized spacial score (nSPS) is 11.0. The number of nitrogens with zero attached hydrogens (tertiary/aromatic N) is 1. The molecule has 0 amide bonds. The summed E-state index contributed by atoms with van der Waals surface area (Å²) in [4.78, 5) is 38.6. The highest BCUT2D eigenvalue weighted by atomic mass is 35.5. The second-order valence-electron chi connectivity index (χ2n) is 8.05. The maximum atomic E-state index is 13.1. The van der Waals surface area contributed by atoms with E-state index in [4.69, 9.17) is 25.8 Å². The molecule has 0 aliphatic carbocycles. The average Bonchev–Trinajstić information content (AvgIpc) is 3.23. The lowest BCUT2D eigenvalue weighted by Crippen LogP contribution is -2.12. The summed E-state index contributed by atoms with van der Waals surface area (Å²) in [5, 5.41) is 10.3. The van der Waals surface area contributed by atoms with Crippen LogP contribution in [-0.2, 0) is 27.3 Å². The van der Waals surface area contributed by atoms with Crippen LogP contribution in [0.1, 0.15) is 55.4 Å². The van der Waals surface area contributed by atoms with Crippen molar-refractivity contribution in [1.29, 1.82) is 5.26 Å². The summed E-state index contributed by atoms with van der Waals surface area (Å²) in [5.41, 5.74) is 2.07. The zero-order valence-corrected chi connectivity index (χ0v) is 22.8. The summed E-state index contributed by atoms with van der Waals surface area (Å²) in [6.45, 7) is 5.64. The summed E-state index contributed by atoms with van der Waals surface area (Å²) in [6.07, 6.45) is 1.24. The van der Waals surface area contributed by atoms with Crippen LogP contribution in [0.4, 0.5) is 0 Å². The molecular formula is C29H26ClNO6S. The van der Waals surface area contributed by atoms with E-state index in [0.717, 1.165) is 16.9 Å². The van der Waals surface area contributed by atoms with E-state index >= 15 is 0 Å². The molecule has 0 radical (unpaired) electrons. The molecular weight excluding hydrogens is 526 g/mol. The van der Waals surface area contributed by atoms with Crippen LogP contribution in [0.2, 0.25) is 5.02 Å². The van der Waals surface area contributed by atoms with Gasteiger partial charge in [0.25, 0.3) is 0 Å². The van der Waals surface area contributed by atoms with Crippen molar-refractivity contribution in [3.8, 4) is 11.8 Å². The molecule has 0 atom stereocenters. The fraction of sp³-hybridized carbons (Fsp3) is 0.241. The third-order valence-corrected chi connectivity index (χ3v) is 6.94. The second kappa shape index (κ2) is 13.6. The molecule has 0 N–H and O–H groups in total. The van der Waals surface area contributed by atoms with Crippen molar-refractivity contribution in [1.82, 2.24) is 0 Å². The molecule has 9 heteroatoms. The number of esters is 2. The lowest BCUT2D eigenvalue weighted by atomic mass is 10.0. The number of allylic oxidation sites excluding steroid dienone is 1. The quantitative estimate of drug-likeness (QED) is 0.155. The molecule has 0 aliphatic rings. The van der Waals surface area contributed by atoms with Crippen molar-refractivity contribution in [2.45, 2.75) is 33.8 Å². The standard InChI is InChI=1S/C29H26ClNO6S/c1-4-35-28(33)26-18(3)27(29(34)36-5-2)38-25(26)15-24(32)21(16-31)14-19-8-12-23(13-9-19)37-17-20-6-10-22(30)11-7-20/h6-14H,4-5,15,17H2,1-3H3. The Morgan fingerprint density at radius 1 is 0.974 bits per heavy atom. The maximum absolute atomic E-state index is 13.1. The molecule has 2 aromatic carbocycles. The van der Waals surface area contributed by atoms with Crippen LogP contribution in [0.3, 0.4) is 0 Å². The van der Waals surface area contributed by atoms with Crippen LogP contribution in [0.5, 0.6) is 5.75 Å². The van der Waals surface area contributed by atoms with Crippen LogP contribution in [0, 0.1) is 18.3 Å². The fourth-order valence-corrected chi connectivity index (χ4v) is 4.86. The molecule has 1 heterocycles. The zero-order valence-electron chi connectivity index (χ0n) is 21.2. The number of hydrogen-bond donors (Lipinski definition) is 0. The highest BCUT2D eigenvalue weighted by molar-refractivity contribution is 7.14. The van der Waals surface area contributed by atoms with Gasteiger partial charge in [-0.05, 0) is 67.8 Å². The Kier molecular flexibility index (Phi) is 10.2. The summed E-state index contributed by atoms with van der Waals surface area (Å²) >= 11 is 6.90. The Balaban J connectivity index is 1.77. The predicted octanol–water partition coefficient (Wildman–Crippen LogP) is 6.36. The van der Waals surface area contributed by atoms with Crippen LogP contribution in [0.25, 0.3) is 6.08 Å². The van der Waals surface area contributed by atoms with Crippen LogP contribution in [-0.4, -0.2) is 30.9 Å². The summed E-state index contributed by atoms with van der Waals surface area (Å²) in [6, 6.07) is 16.2. The number of carbonyl (C=O) groups excluding carboxylic acids is 3. The minimum absolute atomic E-state index is 0.0848.